The van der Waals surface area contributed by atoms with Gasteiger partial charge in [0, 0.05) is 12.6 Å². The molecule has 0 aromatic carbocycles. The SMILES string of the molecule is CCCCCOC(=O)Nc1ccn([C@@H]2O[C@@H](COC(=O)C(C)C)CC2(F)F)c(=O)n1. The van der Waals surface area contributed by atoms with Crippen LogP contribution in [-0.4, -0.2) is 46.9 Å². The number of amides is 1. The van der Waals surface area contributed by atoms with Gasteiger partial charge in [-0.2, -0.15) is 4.98 Å². The molecule has 2 atom stereocenters. The Hall–Kier alpha value is -2.56. The molecule has 1 amide bonds. The third-order valence-corrected chi connectivity index (χ3v) is 4.36. The van der Waals surface area contributed by atoms with Crippen LogP contribution in [0.1, 0.15) is 52.7 Å². The summed E-state index contributed by atoms with van der Waals surface area (Å²) >= 11 is 0. The molecule has 11 heteroatoms. The summed E-state index contributed by atoms with van der Waals surface area (Å²) < 4.78 is 44.5. The van der Waals surface area contributed by atoms with E-state index in [1.165, 1.54) is 6.07 Å². The van der Waals surface area contributed by atoms with Crippen LogP contribution in [-0.2, 0) is 19.0 Å². The first-order valence-electron chi connectivity index (χ1n) is 9.87. The van der Waals surface area contributed by atoms with Gasteiger partial charge in [0.25, 0.3) is 5.92 Å². The lowest BCUT2D eigenvalue weighted by Crippen LogP contribution is -2.35. The lowest BCUT2D eigenvalue weighted by atomic mass is 10.2. The summed E-state index contributed by atoms with van der Waals surface area (Å²) in [5.41, 5.74) is -1.02. The highest BCUT2D eigenvalue weighted by Gasteiger charge is 2.52. The standard InChI is InChI=1S/C19H27F2N3O6/c1-4-5-6-9-28-18(27)23-14-7-8-24(17(26)22-14)16-19(20,21)10-13(30-16)11-29-15(25)12(2)3/h7-8,12-13,16H,4-6,9-11H2,1-3H3,(H,22,23,26,27)/t13-,16-/m1/s1. The number of aromatic nitrogens is 2. The number of esters is 1. The lowest BCUT2D eigenvalue weighted by molar-refractivity contribution is -0.154. The Labute approximate surface area is 172 Å². The van der Waals surface area contributed by atoms with E-state index in [4.69, 9.17) is 14.2 Å². The Balaban J connectivity index is 1.99. The van der Waals surface area contributed by atoms with Crippen molar-refractivity contribution in [3.63, 3.8) is 0 Å². The van der Waals surface area contributed by atoms with E-state index in [2.05, 4.69) is 10.3 Å². The van der Waals surface area contributed by atoms with Gasteiger partial charge in [-0.1, -0.05) is 33.6 Å². The van der Waals surface area contributed by atoms with Crippen LogP contribution in [0.2, 0.25) is 0 Å². The Kier molecular flexibility index (Phi) is 8.27. The third-order valence-electron chi connectivity index (χ3n) is 4.36. The number of nitrogens with zero attached hydrogens (tertiary/aromatic N) is 2. The second-order valence-electron chi connectivity index (χ2n) is 7.33. The summed E-state index contributed by atoms with van der Waals surface area (Å²) in [6.07, 6.45) is -0.797. The first-order valence-corrected chi connectivity index (χ1v) is 9.87. The number of anilines is 1. The molecule has 1 aliphatic rings. The van der Waals surface area contributed by atoms with E-state index in [1.807, 2.05) is 6.92 Å². The molecule has 0 unspecified atom stereocenters. The maximum atomic E-state index is 14.4. The zero-order valence-corrected chi connectivity index (χ0v) is 17.2. The Morgan fingerprint density at radius 2 is 2.10 bits per heavy atom. The summed E-state index contributed by atoms with van der Waals surface area (Å²) in [7, 11) is 0. The van der Waals surface area contributed by atoms with Crippen LogP contribution < -0.4 is 11.0 Å². The average molecular weight is 431 g/mol. The molecule has 9 nitrogen and oxygen atoms in total. The van der Waals surface area contributed by atoms with Crippen LogP contribution >= 0.6 is 0 Å². The largest absolute Gasteiger partial charge is 0.463 e. The van der Waals surface area contributed by atoms with Gasteiger partial charge >= 0.3 is 17.8 Å². The summed E-state index contributed by atoms with van der Waals surface area (Å²) in [6, 6.07) is 1.19. The number of carbonyl (C=O) groups excluding carboxylic acids is 2. The number of hydrogen-bond acceptors (Lipinski definition) is 7. The van der Waals surface area contributed by atoms with Gasteiger partial charge in [0.05, 0.1) is 12.5 Å². The van der Waals surface area contributed by atoms with Gasteiger partial charge in [0.1, 0.15) is 18.5 Å². The van der Waals surface area contributed by atoms with Crippen LogP contribution in [0, 0.1) is 5.92 Å². The number of rotatable bonds is 9. The summed E-state index contributed by atoms with van der Waals surface area (Å²) in [5, 5.41) is 2.28. The van der Waals surface area contributed by atoms with E-state index in [0.29, 0.717) is 11.0 Å². The lowest BCUT2D eigenvalue weighted by Gasteiger charge is -2.20. The minimum atomic E-state index is -3.37. The van der Waals surface area contributed by atoms with Crippen molar-refractivity contribution in [3.05, 3.63) is 22.7 Å². The first kappa shape index (κ1) is 23.7. The first-order chi connectivity index (χ1) is 14.1. The van der Waals surface area contributed by atoms with Gasteiger partial charge in [-0.25, -0.2) is 18.4 Å². The molecular formula is C19H27F2N3O6. The number of alkyl halides is 2. The molecule has 2 rings (SSSR count). The molecule has 0 aliphatic carbocycles. The summed E-state index contributed by atoms with van der Waals surface area (Å²) in [5.74, 6) is -4.41. The predicted octanol–water partition coefficient (Wildman–Crippen LogP) is 3.10. The molecule has 2 heterocycles. The highest BCUT2D eigenvalue weighted by atomic mass is 19.3. The average Bonchev–Trinajstić information content (AvgIpc) is 2.97. The Morgan fingerprint density at radius 3 is 2.73 bits per heavy atom. The van der Waals surface area contributed by atoms with Crippen molar-refractivity contribution < 1.29 is 32.6 Å². The molecule has 168 valence electrons. The fraction of sp³-hybridized carbons (Fsp3) is 0.684. The monoisotopic (exact) mass is 431 g/mol. The van der Waals surface area contributed by atoms with Crippen LogP contribution in [0.15, 0.2) is 17.1 Å². The molecule has 0 saturated carbocycles. The zero-order chi connectivity index (χ0) is 22.3. The number of carbonyl (C=O) groups is 2. The van der Waals surface area contributed by atoms with Gasteiger partial charge in [-0.3, -0.25) is 14.7 Å². The minimum absolute atomic E-state index is 0.125. The molecule has 1 aromatic heterocycles. The van der Waals surface area contributed by atoms with Gasteiger partial charge in [-0.05, 0) is 12.5 Å². The quantitative estimate of drug-likeness (QED) is 0.473. The van der Waals surface area contributed by atoms with E-state index >= 15 is 0 Å². The smallest absolute Gasteiger partial charge is 0.412 e. The number of halogens is 2. The second-order valence-corrected chi connectivity index (χ2v) is 7.33. The molecule has 30 heavy (non-hydrogen) atoms. The fourth-order valence-corrected chi connectivity index (χ4v) is 2.76. The van der Waals surface area contributed by atoms with Crippen molar-refractivity contribution in [1.82, 2.24) is 9.55 Å². The molecule has 1 fully saturated rings. The highest BCUT2D eigenvalue weighted by molar-refractivity contribution is 5.83. The minimum Gasteiger partial charge on any atom is -0.463 e. The number of hydrogen-bond donors (Lipinski definition) is 1. The van der Waals surface area contributed by atoms with E-state index in [-0.39, 0.29) is 19.0 Å². The molecular weight excluding hydrogens is 404 g/mol. The molecule has 1 aliphatic heterocycles. The number of unbranched alkanes of at least 4 members (excludes halogenated alkanes) is 2. The molecule has 1 aromatic rings. The van der Waals surface area contributed by atoms with Crippen molar-refractivity contribution in [1.29, 1.82) is 0 Å². The third kappa shape index (κ3) is 6.48. The van der Waals surface area contributed by atoms with Crippen LogP contribution in [0.4, 0.5) is 19.4 Å². The van der Waals surface area contributed by atoms with E-state index in [0.717, 1.165) is 19.0 Å². The molecule has 1 saturated heterocycles. The summed E-state index contributed by atoms with van der Waals surface area (Å²) in [4.78, 5) is 39.0. The normalized spacial score (nSPS) is 20.2. The summed E-state index contributed by atoms with van der Waals surface area (Å²) in [6.45, 7) is 5.14. The molecule has 0 radical (unpaired) electrons. The Bertz CT molecular complexity index is 799. The fourth-order valence-electron chi connectivity index (χ4n) is 2.76. The van der Waals surface area contributed by atoms with Crippen molar-refractivity contribution in [2.24, 2.45) is 5.92 Å². The molecule has 0 bridgehead atoms. The van der Waals surface area contributed by atoms with Gasteiger partial charge < -0.3 is 14.2 Å². The van der Waals surface area contributed by atoms with E-state index < -0.39 is 48.3 Å². The van der Waals surface area contributed by atoms with Crippen LogP contribution in [0.3, 0.4) is 0 Å². The van der Waals surface area contributed by atoms with Gasteiger partial charge in [0.15, 0.2) is 0 Å². The van der Waals surface area contributed by atoms with Crippen molar-refractivity contribution >= 4 is 17.9 Å². The van der Waals surface area contributed by atoms with Gasteiger partial charge in [-0.15, -0.1) is 0 Å². The van der Waals surface area contributed by atoms with Crippen LogP contribution in [0.25, 0.3) is 0 Å². The van der Waals surface area contributed by atoms with Gasteiger partial charge in [0.2, 0.25) is 6.23 Å². The highest BCUT2D eigenvalue weighted by Crippen LogP contribution is 2.41. The Morgan fingerprint density at radius 1 is 1.37 bits per heavy atom. The van der Waals surface area contributed by atoms with E-state index in [9.17, 15) is 23.2 Å². The number of nitrogens with one attached hydrogen (secondary N) is 1. The van der Waals surface area contributed by atoms with Crippen molar-refractivity contribution in [2.75, 3.05) is 18.5 Å². The topological polar surface area (TPSA) is 109 Å². The predicted molar refractivity (Wildman–Crippen MR) is 102 cm³/mol. The maximum absolute atomic E-state index is 14.4. The zero-order valence-electron chi connectivity index (χ0n) is 17.2. The number of ether oxygens (including phenoxy) is 3. The van der Waals surface area contributed by atoms with Crippen molar-refractivity contribution in [3.8, 4) is 0 Å². The van der Waals surface area contributed by atoms with Crippen LogP contribution in [0.5, 0.6) is 0 Å². The maximum Gasteiger partial charge on any atom is 0.412 e. The molecule has 1 N–H and O–H groups in total. The van der Waals surface area contributed by atoms with Crippen molar-refractivity contribution in [2.45, 2.75) is 64.7 Å². The second kappa shape index (κ2) is 10.5. The van der Waals surface area contributed by atoms with E-state index in [1.54, 1.807) is 13.8 Å². The molecule has 0 spiro atoms.